The number of amides is 1. The van der Waals surface area contributed by atoms with Gasteiger partial charge >= 0.3 is 0 Å². The van der Waals surface area contributed by atoms with Gasteiger partial charge < -0.3 is 15.4 Å². The fourth-order valence-corrected chi connectivity index (χ4v) is 2.46. The van der Waals surface area contributed by atoms with Crippen molar-refractivity contribution in [3.8, 4) is 5.75 Å². The van der Waals surface area contributed by atoms with Crippen LogP contribution in [0.25, 0.3) is 0 Å². The average molecular weight is 266 g/mol. The molecule has 1 aromatic carbocycles. The van der Waals surface area contributed by atoms with Gasteiger partial charge in [0, 0.05) is 0 Å². The summed E-state index contributed by atoms with van der Waals surface area (Å²) in [6.07, 6.45) is 2.72. The Bertz CT molecular complexity index is 425. The third-order valence-corrected chi connectivity index (χ3v) is 3.59. The summed E-state index contributed by atoms with van der Waals surface area (Å²) < 4.78 is 5.53. The Labute approximate surface area is 111 Å². The maximum atomic E-state index is 12.3. The summed E-state index contributed by atoms with van der Waals surface area (Å²) in [7, 11) is 0. The molecule has 0 aliphatic carbocycles. The van der Waals surface area contributed by atoms with Crippen molar-refractivity contribution in [1.29, 1.82) is 0 Å². The standard InChI is InChI=1S/C13H18N2O2S/c1-18-9-6-10(14)13(16)15-7-8-17-12-5-3-2-4-11(12)15/h2-5,10H,6-9,14H2,1H3/t10-/m1/s1. The number of nitrogens with two attached hydrogens (primary N) is 1. The van der Waals surface area contributed by atoms with Gasteiger partial charge in [0.2, 0.25) is 5.91 Å². The maximum absolute atomic E-state index is 12.3. The topological polar surface area (TPSA) is 55.6 Å². The van der Waals surface area contributed by atoms with Gasteiger partial charge in [0.1, 0.15) is 12.4 Å². The summed E-state index contributed by atoms with van der Waals surface area (Å²) in [5.41, 5.74) is 6.77. The van der Waals surface area contributed by atoms with Crippen LogP contribution >= 0.6 is 11.8 Å². The van der Waals surface area contributed by atoms with Crippen molar-refractivity contribution < 1.29 is 9.53 Å². The van der Waals surface area contributed by atoms with Crippen LogP contribution in [0.2, 0.25) is 0 Å². The summed E-state index contributed by atoms with van der Waals surface area (Å²) >= 11 is 1.70. The van der Waals surface area contributed by atoms with Gasteiger partial charge in [-0.3, -0.25) is 4.79 Å². The normalized spacial score (nSPS) is 15.8. The van der Waals surface area contributed by atoms with Crippen LogP contribution in [-0.4, -0.2) is 37.1 Å². The van der Waals surface area contributed by atoms with Crippen molar-refractivity contribution >= 4 is 23.4 Å². The number of nitrogens with zero attached hydrogens (tertiary/aromatic N) is 1. The molecule has 0 bridgehead atoms. The smallest absolute Gasteiger partial charge is 0.244 e. The van der Waals surface area contributed by atoms with Gasteiger partial charge in [-0.1, -0.05) is 12.1 Å². The Morgan fingerprint density at radius 1 is 1.56 bits per heavy atom. The number of hydrogen-bond acceptors (Lipinski definition) is 4. The van der Waals surface area contributed by atoms with Crippen molar-refractivity contribution in [1.82, 2.24) is 0 Å². The lowest BCUT2D eigenvalue weighted by molar-refractivity contribution is -0.120. The first kappa shape index (κ1) is 13.2. The van der Waals surface area contributed by atoms with Crippen molar-refractivity contribution in [2.75, 3.05) is 30.1 Å². The first-order chi connectivity index (χ1) is 8.74. The molecule has 2 N–H and O–H groups in total. The predicted octanol–water partition coefficient (Wildman–Crippen LogP) is 1.49. The van der Waals surface area contributed by atoms with E-state index < -0.39 is 6.04 Å². The molecule has 4 nitrogen and oxygen atoms in total. The van der Waals surface area contributed by atoms with Crippen molar-refractivity contribution in [3.05, 3.63) is 24.3 Å². The molecule has 0 fully saturated rings. The van der Waals surface area contributed by atoms with Crippen LogP contribution in [0.15, 0.2) is 24.3 Å². The highest BCUT2D eigenvalue weighted by Crippen LogP contribution is 2.31. The molecule has 0 spiro atoms. The molecule has 0 radical (unpaired) electrons. The molecule has 1 aliphatic rings. The van der Waals surface area contributed by atoms with E-state index >= 15 is 0 Å². The van der Waals surface area contributed by atoms with E-state index in [9.17, 15) is 4.79 Å². The lowest BCUT2D eigenvalue weighted by Crippen LogP contribution is -2.47. The lowest BCUT2D eigenvalue weighted by atomic mass is 10.1. The molecule has 1 atom stereocenters. The Balaban J connectivity index is 2.12. The van der Waals surface area contributed by atoms with Crippen molar-refractivity contribution in [2.24, 2.45) is 5.73 Å². The average Bonchev–Trinajstić information content (AvgIpc) is 2.43. The van der Waals surface area contributed by atoms with Gasteiger partial charge in [0.25, 0.3) is 0 Å². The third kappa shape index (κ3) is 2.79. The second kappa shape index (κ2) is 6.11. The molecule has 18 heavy (non-hydrogen) atoms. The van der Waals surface area contributed by atoms with Crippen LogP contribution in [-0.2, 0) is 4.79 Å². The molecule has 1 heterocycles. The minimum Gasteiger partial charge on any atom is -0.490 e. The number of fused-ring (bicyclic) bond motifs is 1. The molecule has 1 amide bonds. The van der Waals surface area contributed by atoms with Crippen molar-refractivity contribution in [2.45, 2.75) is 12.5 Å². The van der Waals surface area contributed by atoms with E-state index in [1.165, 1.54) is 0 Å². The molecule has 2 rings (SSSR count). The number of carbonyl (C=O) groups is 1. The fraction of sp³-hybridized carbons (Fsp3) is 0.462. The maximum Gasteiger partial charge on any atom is 0.244 e. The van der Waals surface area contributed by atoms with Crippen LogP contribution in [0, 0.1) is 0 Å². The van der Waals surface area contributed by atoms with Crippen LogP contribution in [0.4, 0.5) is 5.69 Å². The highest BCUT2D eigenvalue weighted by Gasteiger charge is 2.26. The van der Waals surface area contributed by atoms with E-state index in [2.05, 4.69) is 0 Å². The van der Waals surface area contributed by atoms with Crippen LogP contribution in [0.5, 0.6) is 5.75 Å². The number of carbonyl (C=O) groups excluding carboxylic acids is 1. The Morgan fingerprint density at radius 3 is 3.11 bits per heavy atom. The number of anilines is 1. The molecule has 0 saturated carbocycles. The first-order valence-electron chi connectivity index (χ1n) is 6.01. The SMILES string of the molecule is CSCC[C@@H](N)C(=O)N1CCOc2ccccc21. The van der Waals surface area contributed by atoms with E-state index in [0.29, 0.717) is 19.6 Å². The highest BCUT2D eigenvalue weighted by atomic mass is 32.2. The summed E-state index contributed by atoms with van der Waals surface area (Å²) in [5.74, 6) is 1.65. The summed E-state index contributed by atoms with van der Waals surface area (Å²) in [4.78, 5) is 14.0. The molecule has 0 aromatic heterocycles. The largest absolute Gasteiger partial charge is 0.490 e. The number of benzene rings is 1. The number of thioether (sulfide) groups is 1. The van der Waals surface area contributed by atoms with E-state index in [4.69, 9.17) is 10.5 Å². The van der Waals surface area contributed by atoms with Crippen LogP contribution in [0.1, 0.15) is 6.42 Å². The molecular formula is C13H18N2O2S. The Kier molecular flexibility index (Phi) is 4.49. The molecule has 1 aliphatic heterocycles. The van der Waals surface area contributed by atoms with E-state index in [1.54, 1.807) is 16.7 Å². The Hall–Kier alpha value is -1.20. The zero-order valence-corrected chi connectivity index (χ0v) is 11.3. The van der Waals surface area contributed by atoms with E-state index in [1.807, 2.05) is 30.5 Å². The quantitative estimate of drug-likeness (QED) is 0.897. The van der Waals surface area contributed by atoms with Gasteiger partial charge in [0.15, 0.2) is 0 Å². The third-order valence-electron chi connectivity index (χ3n) is 2.94. The fourth-order valence-electron chi connectivity index (χ4n) is 1.97. The zero-order valence-electron chi connectivity index (χ0n) is 10.5. The number of rotatable bonds is 4. The second-order valence-electron chi connectivity index (χ2n) is 4.19. The minimum atomic E-state index is -0.427. The molecule has 0 saturated heterocycles. The summed E-state index contributed by atoms with van der Waals surface area (Å²) in [6.45, 7) is 1.10. The monoisotopic (exact) mass is 266 g/mol. The van der Waals surface area contributed by atoms with Crippen LogP contribution in [0.3, 0.4) is 0 Å². The summed E-state index contributed by atoms with van der Waals surface area (Å²) in [5, 5.41) is 0. The van der Waals surface area contributed by atoms with Gasteiger partial charge in [0.05, 0.1) is 18.3 Å². The predicted molar refractivity (Wildman–Crippen MR) is 75.3 cm³/mol. The molecule has 98 valence electrons. The highest BCUT2D eigenvalue weighted by molar-refractivity contribution is 7.98. The van der Waals surface area contributed by atoms with Gasteiger partial charge in [-0.05, 0) is 30.6 Å². The number of para-hydroxylation sites is 2. The number of ether oxygens (including phenoxy) is 1. The zero-order chi connectivity index (χ0) is 13.0. The number of hydrogen-bond donors (Lipinski definition) is 1. The van der Waals surface area contributed by atoms with Gasteiger partial charge in [-0.15, -0.1) is 0 Å². The van der Waals surface area contributed by atoms with Gasteiger partial charge in [-0.2, -0.15) is 11.8 Å². The van der Waals surface area contributed by atoms with E-state index in [0.717, 1.165) is 17.2 Å². The first-order valence-corrected chi connectivity index (χ1v) is 7.41. The molecule has 0 unspecified atom stereocenters. The van der Waals surface area contributed by atoms with Gasteiger partial charge in [-0.25, -0.2) is 0 Å². The molecular weight excluding hydrogens is 248 g/mol. The summed E-state index contributed by atoms with van der Waals surface area (Å²) in [6, 6.07) is 7.15. The van der Waals surface area contributed by atoms with Crippen molar-refractivity contribution in [3.63, 3.8) is 0 Å². The molecule has 5 heteroatoms. The van der Waals surface area contributed by atoms with Crippen LogP contribution < -0.4 is 15.4 Å². The molecule has 1 aromatic rings. The Morgan fingerprint density at radius 2 is 2.33 bits per heavy atom. The second-order valence-corrected chi connectivity index (χ2v) is 5.18. The minimum absolute atomic E-state index is 0.0141. The van der Waals surface area contributed by atoms with E-state index in [-0.39, 0.29) is 5.91 Å². The lowest BCUT2D eigenvalue weighted by Gasteiger charge is -2.31.